The molecule has 0 unspecified atom stereocenters. The van der Waals surface area contributed by atoms with Gasteiger partial charge in [0.15, 0.2) is 0 Å². The molecule has 15 heavy (non-hydrogen) atoms. The van der Waals surface area contributed by atoms with Crippen molar-refractivity contribution in [2.75, 3.05) is 0 Å². The maximum absolute atomic E-state index is 10.4. The number of non-ortho nitro benzene ring substituents is 1. The van der Waals surface area contributed by atoms with Crippen molar-refractivity contribution in [3.05, 3.63) is 39.8 Å². The highest BCUT2D eigenvalue weighted by Crippen LogP contribution is 2.25. The van der Waals surface area contributed by atoms with Crippen molar-refractivity contribution in [2.45, 2.75) is 4.34 Å². The van der Waals surface area contributed by atoms with Gasteiger partial charge in [0, 0.05) is 23.1 Å². The second-order valence-corrected chi connectivity index (χ2v) is 4.40. The van der Waals surface area contributed by atoms with Crippen LogP contribution in [0.3, 0.4) is 0 Å². The molecule has 0 aliphatic carbocycles. The van der Waals surface area contributed by atoms with Crippen molar-refractivity contribution in [3.8, 4) is 11.3 Å². The number of hydrogen-bond donors (Lipinski definition) is 1. The Balaban J connectivity index is 2.35. The number of nitro groups is 1. The first-order valence-electron chi connectivity index (χ1n) is 4.06. The third-order valence-electron chi connectivity index (χ3n) is 1.87. The lowest BCUT2D eigenvalue weighted by Crippen LogP contribution is -1.87. The molecule has 1 heterocycles. The fraction of sp³-hybridized carbons (Fsp3) is 0. The summed E-state index contributed by atoms with van der Waals surface area (Å²) >= 11 is 5.54. The van der Waals surface area contributed by atoms with Crippen molar-refractivity contribution in [1.29, 1.82) is 0 Å². The molecular formula is C9H6N2O2S2. The van der Waals surface area contributed by atoms with Crippen LogP contribution < -0.4 is 0 Å². The van der Waals surface area contributed by atoms with E-state index in [0.29, 0.717) is 4.34 Å². The number of benzene rings is 1. The van der Waals surface area contributed by atoms with Crippen molar-refractivity contribution in [2.24, 2.45) is 0 Å². The third-order valence-corrected chi connectivity index (χ3v) is 2.93. The SMILES string of the molecule is O=[N+]([O-])c1ccc(-c2csc(S)n2)cc1. The topological polar surface area (TPSA) is 56.0 Å². The monoisotopic (exact) mass is 238 g/mol. The summed E-state index contributed by atoms with van der Waals surface area (Å²) in [5, 5.41) is 12.3. The maximum atomic E-state index is 10.4. The Bertz CT molecular complexity index is 493. The molecule has 0 spiro atoms. The van der Waals surface area contributed by atoms with Crippen molar-refractivity contribution in [3.63, 3.8) is 0 Å². The summed E-state index contributed by atoms with van der Waals surface area (Å²) in [6.45, 7) is 0. The van der Waals surface area contributed by atoms with Crippen LogP contribution in [0.5, 0.6) is 0 Å². The number of nitro benzene ring substituents is 1. The lowest BCUT2D eigenvalue weighted by molar-refractivity contribution is -0.384. The number of rotatable bonds is 2. The normalized spacial score (nSPS) is 10.2. The number of thiazole rings is 1. The van der Waals surface area contributed by atoms with Gasteiger partial charge in [-0.3, -0.25) is 10.1 Å². The number of hydrogen-bond acceptors (Lipinski definition) is 5. The highest BCUT2D eigenvalue weighted by Gasteiger charge is 2.06. The van der Waals surface area contributed by atoms with Crippen LogP contribution in [0.15, 0.2) is 34.0 Å². The molecule has 2 rings (SSSR count). The lowest BCUT2D eigenvalue weighted by Gasteiger charge is -1.95. The van der Waals surface area contributed by atoms with E-state index >= 15 is 0 Å². The summed E-state index contributed by atoms with van der Waals surface area (Å²) in [7, 11) is 0. The van der Waals surface area contributed by atoms with E-state index in [2.05, 4.69) is 17.6 Å². The van der Waals surface area contributed by atoms with Crippen LogP contribution in [0.4, 0.5) is 5.69 Å². The molecule has 1 aromatic heterocycles. The summed E-state index contributed by atoms with van der Waals surface area (Å²) in [4.78, 5) is 14.2. The minimum Gasteiger partial charge on any atom is -0.258 e. The number of nitrogens with zero attached hydrogens (tertiary/aromatic N) is 2. The standard InChI is InChI=1S/C9H6N2O2S2/c12-11(13)7-3-1-6(2-4-7)8-5-15-9(14)10-8/h1-5H,(H,10,14). The molecule has 0 fully saturated rings. The Morgan fingerprint density at radius 3 is 2.47 bits per heavy atom. The molecule has 0 aliphatic heterocycles. The average Bonchev–Trinajstić information content (AvgIpc) is 2.65. The molecule has 0 saturated heterocycles. The van der Waals surface area contributed by atoms with Crippen molar-refractivity contribution in [1.82, 2.24) is 4.98 Å². The second-order valence-electron chi connectivity index (χ2n) is 2.82. The number of thiol groups is 1. The predicted octanol–water partition coefficient (Wildman–Crippen LogP) is 3.01. The molecule has 0 atom stereocenters. The minimum atomic E-state index is -0.422. The first kappa shape index (κ1) is 10.1. The average molecular weight is 238 g/mol. The van der Waals surface area contributed by atoms with Crippen molar-refractivity contribution < 1.29 is 4.92 Å². The van der Waals surface area contributed by atoms with E-state index in [1.165, 1.54) is 23.5 Å². The summed E-state index contributed by atoms with van der Waals surface area (Å²) in [6, 6.07) is 6.29. The van der Waals surface area contributed by atoms with E-state index in [-0.39, 0.29) is 5.69 Å². The van der Waals surface area contributed by atoms with Crippen LogP contribution in [0.1, 0.15) is 0 Å². The zero-order chi connectivity index (χ0) is 10.8. The van der Waals surface area contributed by atoms with Crippen LogP contribution in [0.25, 0.3) is 11.3 Å². The van der Waals surface area contributed by atoms with Gasteiger partial charge in [0.1, 0.15) is 4.34 Å². The molecule has 4 nitrogen and oxygen atoms in total. The Labute approximate surface area is 95.2 Å². The largest absolute Gasteiger partial charge is 0.269 e. The van der Waals surface area contributed by atoms with E-state index in [1.54, 1.807) is 12.1 Å². The van der Waals surface area contributed by atoms with Crippen LogP contribution in [0.2, 0.25) is 0 Å². The smallest absolute Gasteiger partial charge is 0.258 e. The van der Waals surface area contributed by atoms with Gasteiger partial charge >= 0.3 is 0 Å². The van der Waals surface area contributed by atoms with Crippen LogP contribution >= 0.6 is 24.0 Å². The van der Waals surface area contributed by atoms with E-state index in [1.807, 2.05) is 5.38 Å². The summed E-state index contributed by atoms with van der Waals surface area (Å²) in [5.41, 5.74) is 1.73. The van der Waals surface area contributed by atoms with Gasteiger partial charge < -0.3 is 0 Å². The van der Waals surface area contributed by atoms with Crippen LogP contribution in [-0.2, 0) is 0 Å². The van der Waals surface area contributed by atoms with Gasteiger partial charge in [-0.15, -0.1) is 24.0 Å². The van der Waals surface area contributed by atoms with Gasteiger partial charge in [-0.25, -0.2) is 4.98 Å². The Kier molecular flexibility index (Phi) is 2.70. The van der Waals surface area contributed by atoms with Crippen molar-refractivity contribution >= 4 is 29.7 Å². The molecule has 0 radical (unpaired) electrons. The summed E-state index contributed by atoms with van der Waals surface area (Å²) in [5.74, 6) is 0. The molecule has 0 aliphatic rings. The zero-order valence-electron chi connectivity index (χ0n) is 7.45. The first-order valence-corrected chi connectivity index (χ1v) is 5.39. The molecule has 6 heteroatoms. The summed E-state index contributed by atoms with van der Waals surface area (Å²) < 4.78 is 0.684. The lowest BCUT2D eigenvalue weighted by atomic mass is 10.1. The second kappa shape index (κ2) is 4.00. The molecule has 0 amide bonds. The Morgan fingerprint density at radius 1 is 1.33 bits per heavy atom. The fourth-order valence-corrected chi connectivity index (χ4v) is 1.97. The fourth-order valence-electron chi connectivity index (χ4n) is 1.15. The van der Waals surface area contributed by atoms with E-state index in [9.17, 15) is 10.1 Å². The van der Waals surface area contributed by atoms with Gasteiger partial charge in [0.2, 0.25) is 0 Å². The molecular weight excluding hydrogens is 232 g/mol. The van der Waals surface area contributed by atoms with Gasteiger partial charge in [-0.2, -0.15) is 0 Å². The Hall–Kier alpha value is -1.40. The zero-order valence-corrected chi connectivity index (χ0v) is 9.16. The predicted molar refractivity (Wildman–Crippen MR) is 61.5 cm³/mol. The van der Waals surface area contributed by atoms with Gasteiger partial charge in [-0.05, 0) is 12.1 Å². The highest BCUT2D eigenvalue weighted by molar-refractivity contribution is 7.82. The number of aromatic nitrogens is 1. The minimum absolute atomic E-state index is 0.0834. The van der Waals surface area contributed by atoms with E-state index in [0.717, 1.165) is 11.3 Å². The maximum Gasteiger partial charge on any atom is 0.269 e. The van der Waals surface area contributed by atoms with Crippen LogP contribution in [-0.4, -0.2) is 9.91 Å². The molecule has 76 valence electrons. The highest BCUT2D eigenvalue weighted by atomic mass is 32.2. The van der Waals surface area contributed by atoms with Gasteiger partial charge in [-0.1, -0.05) is 0 Å². The molecule has 0 bridgehead atoms. The molecule has 2 aromatic rings. The molecule has 1 aromatic carbocycles. The van der Waals surface area contributed by atoms with Gasteiger partial charge in [0.25, 0.3) is 5.69 Å². The molecule has 0 saturated carbocycles. The van der Waals surface area contributed by atoms with Gasteiger partial charge in [0.05, 0.1) is 10.6 Å². The van der Waals surface area contributed by atoms with E-state index < -0.39 is 4.92 Å². The van der Waals surface area contributed by atoms with Crippen LogP contribution in [0, 0.1) is 10.1 Å². The Morgan fingerprint density at radius 2 is 2.00 bits per heavy atom. The first-order chi connectivity index (χ1) is 7.16. The summed E-state index contributed by atoms with van der Waals surface area (Å²) in [6.07, 6.45) is 0. The molecule has 0 N–H and O–H groups in total. The van der Waals surface area contributed by atoms with E-state index in [4.69, 9.17) is 0 Å². The quantitative estimate of drug-likeness (QED) is 0.497. The third kappa shape index (κ3) is 2.16.